The highest BCUT2D eigenvalue weighted by Crippen LogP contribution is 2.22. The molecule has 0 saturated heterocycles. The number of rotatable bonds is 2. The summed E-state index contributed by atoms with van der Waals surface area (Å²) in [6.45, 7) is 1.88. The molecule has 2 rings (SSSR count). The zero-order chi connectivity index (χ0) is 13.1. The monoisotopic (exact) mass is 257 g/mol. The average Bonchev–Trinajstić information content (AvgIpc) is 2.78. The maximum absolute atomic E-state index is 12.0. The van der Waals surface area contributed by atoms with Crippen LogP contribution in [0, 0.1) is 18.3 Å². The van der Waals surface area contributed by atoms with Gasteiger partial charge in [-0.25, -0.2) is 0 Å². The highest BCUT2D eigenvalue weighted by atomic mass is 32.1. The second-order valence-electron chi connectivity index (χ2n) is 3.80. The standard InChI is InChI=1S/C13H11N3OS/c1-8-4-5-18-12(8)13(17)16-11-3-2-9(7-14)6-10(11)15/h2-6H,15H2,1H3,(H,16,17). The van der Waals surface area contributed by atoms with Crippen molar-refractivity contribution in [1.82, 2.24) is 0 Å². The Morgan fingerprint density at radius 3 is 2.78 bits per heavy atom. The van der Waals surface area contributed by atoms with Crippen LogP contribution in [0.5, 0.6) is 0 Å². The number of nitrogens with one attached hydrogen (secondary N) is 1. The van der Waals surface area contributed by atoms with Crippen LogP contribution in [0.15, 0.2) is 29.6 Å². The predicted octanol–water partition coefficient (Wildman–Crippen LogP) is 2.76. The molecule has 1 heterocycles. The van der Waals surface area contributed by atoms with Gasteiger partial charge in [-0.2, -0.15) is 5.26 Å². The van der Waals surface area contributed by atoms with Gasteiger partial charge in [-0.1, -0.05) is 0 Å². The summed E-state index contributed by atoms with van der Waals surface area (Å²) in [5, 5.41) is 13.3. The molecule has 1 aromatic carbocycles. The molecule has 0 spiro atoms. The Hall–Kier alpha value is -2.32. The number of carbonyl (C=O) groups is 1. The highest BCUT2D eigenvalue weighted by molar-refractivity contribution is 7.12. The molecule has 0 fully saturated rings. The van der Waals surface area contributed by atoms with E-state index in [-0.39, 0.29) is 5.91 Å². The molecule has 18 heavy (non-hydrogen) atoms. The number of nitriles is 1. The molecule has 0 aliphatic heterocycles. The molecule has 0 aliphatic rings. The minimum atomic E-state index is -0.182. The van der Waals surface area contributed by atoms with Gasteiger partial charge in [0.05, 0.1) is 27.9 Å². The van der Waals surface area contributed by atoms with Crippen molar-refractivity contribution in [3.05, 3.63) is 45.6 Å². The topological polar surface area (TPSA) is 78.9 Å². The number of nitrogens with zero attached hydrogens (tertiary/aromatic N) is 1. The average molecular weight is 257 g/mol. The largest absolute Gasteiger partial charge is 0.397 e. The fraction of sp³-hybridized carbons (Fsp3) is 0.0769. The molecule has 0 bridgehead atoms. The molecule has 0 aliphatic carbocycles. The van der Waals surface area contributed by atoms with Crippen molar-refractivity contribution in [3.63, 3.8) is 0 Å². The third-order valence-electron chi connectivity index (χ3n) is 2.50. The quantitative estimate of drug-likeness (QED) is 0.812. The summed E-state index contributed by atoms with van der Waals surface area (Å²) in [6, 6.07) is 8.68. The fourth-order valence-corrected chi connectivity index (χ4v) is 2.35. The van der Waals surface area contributed by atoms with E-state index in [9.17, 15) is 4.79 Å². The normalized spacial score (nSPS) is 9.78. The third-order valence-corrected chi connectivity index (χ3v) is 3.51. The first-order valence-corrected chi connectivity index (χ1v) is 6.15. The van der Waals surface area contributed by atoms with E-state index in [2.05, 4.69) is 5.32 Å². The predicted molar refractivity (Wildman–Crippen MR) is 72.6 cm³/mol. The Balaban J connectivity index is 2.23. The second-order valence-corrected chi connectivity index (χ2v) is 4.72. The summed E-state index contributed by atoms with van der Waals surface area (Å²) < 4.78 is 0. The van der Waals surface area contributed by atoms with Crippen LogP contribution in [-0.4, -0.2) is 5.91 Å². The summed E-state index contributed by atoms with van der Waals surface area (Å²) in [5.41, 5.74) is 8.09. The Kier molecular flexibility index (Phi) is 3.31. The zero-order valence-electron chi connectivity index (χ0n) is 9.73. The van der Waals surface area contributed by atoms with Gasteiger partial charge in [-0.3, -0.25) is 4.79 Å². The van der Waals surface area contributed by atoms with Gasteiger partial charge in [0.2, 0.25) is 0 Å². The number of thiophene rings is 1. The number of nitrogen functional groups attached to an aromatic ring is 1. The molecule has 2 aromatic rings. The van der Waals surface area contributed by atoms with Gasteiger partial charge < -0.3 is 11.1 Å². The summed E-state index contributed by atoms with van der Waals surface area (Å²) in [6.07, 6.45) is 0. The van der Waals surface area contributed by atoms with Crippen LogP contribution < -0.4 is 11.1 Å². The van der Waals surface area contributed by atoms with Gasteiger partial charge in [-0.05, 0) is 42.1 Å². The minimum absolute atomic E-state index is 0.182. The van der Waals surface area contributed by atoms with Gasteiger partial charge in [0, 0.05) is 0 Å². The summed E-state index contributed by atoms with van der Waals surface area (Å²) in [7, 11) is 0. The molecule has 4 nitrogen and oxygen atoms in total. The molecule has 0 radical (unpaired) electrons. The van der Waals surface area contributed by atoms with Crippen molar-refractivity contribution < 1.29 is 4.79 Å². The number of nitrogens with two attached hydrogens (primary N) is 1. The van der Waals surface area contributed by atoms with E-state index in [1.165, 1.54) is 17.4 Å². The van der Waals surface area contributed by atoms with E-state index >= 15 is 0 Å². The van der Waals surface area contributed by atoms with E-state index < -0.39 is 0 Å². The summed E-state index contributed by atoms with van der Waals surface area (Å²) in [4.78, 5) is 12.6. The number of hydrogen-bond acceptors (Lipinski definition) is 4. The van der Waals surface area contributed by atoms with Crippen LogP contribution >= 0.6 is 11.3 Å². The Morgan fingerprint density at radius 2 is 2.22 bits per heavy atom. The summed E-state index contributed by atoms with van der Waals surface area (Å²) >= 11 is 1.39. The highest BCUT2D eigenvalue weighted by Gasteiger charge is 2.12. The van der Waals surface area contributed by atoms with Gasteiger partial charge in [-0.15, -0.1) is 11.3 Å². The first kappa shape index (κ1) is 12.1. The second kappa shape index (κ2) is 4.90. The van der Waals surface area contributed by atoms with E-state index in [0.717, 1.165) is 5.56 Å². The minimum Gasteiger partial charge on any atom is -0.397 e. The van der Waals surface area contributed by atoms with E-state index in [0.29, 0.717) is 21.8 Å². The van der Waals surface area contributed by atoms with Crippen molar-refractivity contribution >= 4 is 28.6 Å². The van der Waals surface area contributed by atoms with Crippen molar-refractivity contribution in [1.29, 1.82) is 5.26 Å². The molecule has 0 saturated carbocycles. The van der Waals surface area contributed by atoms with Crippen molar-refractivity contribution in [3.8, 4) is 6.07 Å². The molecular weight excluding hydrogens is 246 g/mol. The van der Waals surface area contributed by atoms with Crippen molar-refractivity contribution in [2.45, 2.75) is 6.92 Å². The van der Waals surface area contributed by atoms with Crippen LogP contribution in [0.1, 0.15) is 20.8 Å². The molecule has 1 aromatic heterocycles. The lowest BCUT2D eigenvalue weighted by Crippen LogP contribution is -2.12. The molecule has 3 N–H and O–H groups in total. The Bertz CT molecular complexity index is 640. The smallest absolute Gasteiger partial charge is 0.266 e. The van der Waals surface area contributed by atoms with E-state index in [1.54, 1.807) is 12.1 Å². The maximum atomic E-state index is 12.0. The third kappa shape index (κ3) is 2.34. The number of aryl methyl sites for hydroxylation is 1. The van der Waals surface area contributed by atoms with Gasteiger partial charge in [0.15, 0.2) is 0 Å². The lowest BCUT2D eigenvalue weighted by Gasteiger charge is -2.07. The van der Waals surface area contributed by atoms with Crippen LogP contribution in [0.4, 0.5) is 11.4 Å². The molecule has 5 heteroatoms. The van der Waals surface area contributed by atoms with E-state index in [1.807, 2.05) is 24.4 Å². The Labute approximate surface area is 109 Å². The van der Waals surface area contributed by atoms with Crippen molar-refractivity contribution in [2.75, 3.05) is 11.1 Å². The summed E-state index contributed by atoms with van der Waals surface area (Å²) in [5.74, 6) is -0.182. The molecule has 1 amide bonds. The first-order valence-electron chi connectivity index (χ1n) is 5.27. The SMILES string of the molecule is Cc1ccsc1C(=O)Nc1ccc(C#N)cc1N. The first-order chi connectivity index (χ1) is 8.61. The van der Waals surface area contributed by atoms with Gasteiger partial charge in [0.1, 0.15) is 0 Å². The zero-order valence-corrected chi connectivity index (χ0v) is 10.5. The number of anilines is 2. The number of carbonyl (C=O) groups excluding carboxylic acids is 1. The van der Waals surface area contributed by atoms with Crippen LogP contribution in [0.2, 0.25) is 0 Å². The molecule has 0 atom stereocenters. The maximum Gasteiger partial charge on any atom is 0.266 e. The number of amides is 1. The van der Waals surface area contributed by atoms with Gasteiger partial charge >= 0.3 is 0 Å². The molecule has 0 unspecified atom stereocenters. The Morgan fingerprint density at radius 1 is 1.44 bits per heavy atom. The number of benzene rings is 1. The van der Waals surface area contributed by atoms with Crippen LogP contribution in [0.25, 0.3) is 0 Å². The van der Waals surface area contributed by atoms with Crippen LogP contribution in [-0.2, 0) is 0 Å². The van der Waals surface area contributed by atoms with Crippen molar-refractivity contribution in [2.24, 2.45) is 0 Å². The lowest BCUT2D eigenvalue weighted by atomic mass is 10.2. The number of hydrogen-bond donors (Lipinski definition) is 2. The lowest BCUT2D eigenvalue weighted by molar-refractivity contribution is 0.103. The molecular formula is C13H11N3OS. The van der Waals surface area contributed by atoms with Gasteiger partial charge in [0.25, 0.3) is 5.91 Å². The van der Waals surface area contributed by atoms with Crippen LogP contribution in [0.3, 0.4) is 0 Å². The molecule has 90 valence electrons. The fourth-order valence-electron chi connectivity index (χ4n) is 1.53. The van der Waals surface area contributed by atoms with E-state index in [4.69, 9.17) is 11.0 Å².